The third-order valence-corrected chi connectivity index (χ3v) is 4.65. The first-order valence-corrected chi connectivity index (χ1v) is 9.76. The van der Waals surface area contributed by atoms with Crippen LogP contribution < -0.4 is 10.1 Å². The number of carbonyl (C=O) groups is 1. The second-order valence-corrected chi connectivity index (χ2v) is 6.95. The molecule has 1 aromatic heterocycles. The number of carbonyl (C=O) groups excluding carboxylic acids is 1. The van der Waals surface area contributed by atoms with Crippen molar-refractivity contribution in [2.24, 2.45) is 0 Å². The molecule has 0 bridgehead atoms. The minimum absolute atomic E-state index is 0.0629. The lowest BCUT2D eigenvalue weighted by molar-refractivity contribution is -0.384. The zero-order valence-electron chi connectivity index (χ0n) is 15.1. The highest BCUT2D eigenvalue weighted by atomic mass is 35.5. The van der Waals surface area contributed by atoms with E-state index in [0.29, 0.717) is 28.8 Å². The van der Waals surface area contributed by atoms with Gasteiger partial charge in [-0.15, -0.1) is 10.2 Å². The van der Waals surface area contributed by atoms with Gasteiger partial charge in [0.05, 0.1) is 23.3 Å². The minimum atomic E-state index is -0.582. The molecule has 0 fully saturated rings. The molecule has 1 N–H and O–H groups in total. The number of amides is 1. The fourth-order valence-corrected chi connectivity index (χ4v) is 3.00. The van der Waals surface area contributed by atoms with E-state index >= 15 is 0 Å². The number of nitro benzene ring substituents is 1. The van der Waals surface area contributed by atoms with Crippen LogP contribution in [0, 0.1) is 10.1 Å². The molecule has 3 rings (SSSR count). The van der Waals surface area contributed by atoms with Crippen molar-refractivity contribution in [3.8, 4) is 17.2 Å². The third-order valence-electron chi connectivity index (χ3n) is 3.58. The Bertz CT molecular complexity index is 1030. The van der Waals surface area contributed by atoms with Gasteiger partial charge in [0.1, 0.15) is 11.4 Å². The third kappa shape index (κ3) is 5.46. The maximum Gasteiger partial charge on any atom is 0.296 e. The lowest BCUT2D eigenvalue weighted by atomic mass is 10.2. The van der Waals surface area contributed by atoms with E-state index in [1.807, 2.05) is 0 Å². The molecule has 0 spiro atoms. The SMILES string of the molecule is CCOc1ccc(NC(=O)CSc2nnc(-c3ccc(Cl)cc3)o2)c([N+](=O)[O-])c1. The van der Waals surface area contributed by atoms with Gasteiger partial charge >= 0.3 is 0 Å². The van der Waals surface area contributed by atoms with Crippen molar-refractivity contribution in [1.82, 2.24) is 10.2 Å². The molecule has 11 heteroatoms. The summed E-state index contributed by atoms with van der Waals surface area (Å²) in [6.45, 7) is 2.15. The number of rotatable bonds is 8. The van der Waals surface area contributed by atoms with Crippen LogP contribution in [0.1, 0.15) is 6.92 Å². The van der Waals surface area contributed by atoms with Crippen LogP contribution in [-0.4, -0.2) is 33.4 Å². The van der Waals surface area contributed by atoms with Crippen molar-refractivity contribution in [2.75, 3.05) is 17.7 Å². The standard InChI is InChI=1S/C18H15ClN4O5S/c1-2-27-13-7-8-14(15(9-13)23(25)26)20-16(24)10-29-18-22-21-17(28-18)11-3-5-12(19)6-4-11/h3-9H,2,10H2,1H3,(H,20,24). The van der Waals surface area contributed by atoms with E-state index in [1.165, 1.54) is 12.1 Å². The Hall–Kier alpha value is -3.11. The van der Waals surface area contributed by atoms with Crippen LogP contribution >= 0.6 is 23.4 Å². The molecular weight excluding hydrogens is 420 g/mol. The molecule has 0 saturated carbocycles. The maximum absolute atomic E-state index is 12.2. The largest absolute Gasteiger partial charge is 0.494 e. The van der Waals surface area contributed by atoms with Crippen LogP contribution in [0.2, 0.25) is 5.02 Å². The zero-order chi connectivity index (χ0) is 20.8. The number of nitro groups is 1. The predicted molar refractivity (Wildman–Crippen MR) is 108 cm³/mol. The lowest BCUT2D eigenvalue weighted by Crippen LogP contribution is -2.15. The molecule has 0 radical (unpaired) electrons. The average molecular weight is 435 g/mol. The number of nitrogens with one attached hydrogen (secondary N) is 1. The van der Waals surface area contributed by atoms with E-state index in [9.17, 15) is 14.9 Å². The Labute approximate surface area is 174 Å². The molecule has 9 nitrogen and oxygen atoms in total. The zero-order valence-corrected chi connectivity index (χ0v) is 16.7. The summed E-state index contributed by atoms with van der Waals surface area (Å²) in [6, 6.07) is 11.1. The predicted octanol–water partition coefficient (Wildman–Crippen LogP) is 4.43. The topological polar surface area (TPSA) is 120 Å². The quantitative estimate of drug-likeness (QED) is 0.314. The van der Waals surface area contributed by atoms with Gasteiger partial charge in [0.2, 0.25) is 11.8 Å². The molecule has 0 aliphatic carbocycles. The smallest absolute Gasteiger partial charge is 0.296 e. The second kappa shape index (κ2) is 9.39. The summed E-state index contributed by atoms with van der Waals surface area (Å²) in [6.07, 6.45) is 0. The first-order valence-electron chi connectivity index (χ1n) is 8.39. The van der Waals surface area contributed by atoms with Crippen LogP contribution in [-0.2, 0) is 4.79 Å². The fraction of sp³-hybridized carbons (Fsp3) is 0.167. The van der Waals surface area contributed by atoms with Crippen molar-refractivity contribution < 1.29 is 18.9 Å². The highest BCUT2D eigenvalue weighted by molar-refractivity contribution is 7.99. The van der Waals surface area contributed by atoms with Gasteiger partial charge in [-0.25, -0.2) is 0 Å². The Morgan fingerprint density at radius 3 is 2.72 bits per heavy atom. The molecule has 150 valence electrons. The Kier molecular flexibility index (Phi) is 6.68. The molecule has 0 saturated heterocycles. The summed E-state index contributed by atoms with van der Waals surface area (Å²) < 4.78 is 10.8. The van der Waals surface area contributed by atoms with E-state index in [2.05, 4.69) is 15.5 Å². The van der Waals surface area contributed by atoms with Gasteiger partial charge in [-0.3, -0.25) is 14.9 Å². The number of halogens is 1. The highest BCUT2D eigenvalue weighted by Gasteiger charge is 2.18. The van der Waals surface area contributed by atoms with Gasteiger partial charge < -0.3 is 14.5 Å². The highest BCUT2D eigenvalue weighted by Crippen LogP contribution is 2.30. The van der Waals surface area contributed by atoms with Crippen LogP contribution in [0.3, 0.4) is 0 Å². The number of nitrogens with zero attached hydrogens (tertiary/aromatic N) is 3. The minimum Gasteiger partial charge on any atom is -0.494 e. The van der Waals surface area contributed by atoms with E-state index in [-0.39, 0.29) is 22.4 Å². The van der Waals surface area contributed by atoms with Crippen LogP contribution in [0.15, 0.2) is 52.1 Å². The number of hydrogen-bond acceptors (Lipinski definition) is 8. The molecular formula is C18H15ClN4O5S. The number of anilines is 1. The fourth-order valence-electron chi connectivity index (χ4n) is 2.32. The van der Waals surface area contributed by atoms with Crippen LogP contribution in [0.25, 0.3) is 11.5 Å². The summed E-state index contributed by atoms with van der Waals surface area (Å²) >= 11 is 6.87. The Morgan fingerprint density at radius 2 is 2.03 bits per heavy atom. The van der Waals surface area contributed by atoms with Crippen molar-refractivity contribution >= 4 is 40.6 Å². The van der Waals surface area contributed by atoms with Crippen molar-refractivity contribution in [3.63, 3.8) is 0 Å². The lowest BCUT2D eigenvalue weighted by Gasteiger charge is -2.07. The molecule has 29 heavy (non-hydrogen) atoms. The summed E-state index contributed by atoms with van der Waals surface area (Å²) in [5.74, 6) is 0.138. The first kappa shape index (κ1) is 20.6. The van der Waals surface area contributed by atoms with E-state index in [1.54, 1.807) is 37.3 Å². The monoisotopic (exact) mass is 434 g/mol. The van der Waals surface area contributed by atoms with Gasteiger partial charge in [0, 0.05) is 10.6 Å². The number of benzene rings is 2. The van der Waals surface area contributed by atoms with Crippen molar-refractivity contribution in [3.05, 3.63) is 57.6 Å². The summed E-state index contributed by atoms with van der Waals surface area (Å²) in [5, 5.41) is 22.4. The summed E-state index contributed by atoms with van der Waals surface area (Å²) in [4.78, 5) is 22.9. The normalized spacial score (nSPS) is 10.6. The molecule has 0 aliphatic rings. The van der Waals surface area contributed by atoms with Crippen molar-refractivity contribution in [1.29, 1.82) is 0 Å². The number of aromatic nitrogens is 2. The molecule has 1 amide bonds. The van der Waals surface area contributed by atoms with Gasteiger partial charge in [0.15, 0.2) is 0 Å². The van der Waals surface area contributed by atoms with E-state index in [4.69, 9.17) is 20.8 Å². The Morgan fingerprint density at radius 1 is 1.28 bits per heavy atom. The number of hydrogen-bond donors (Lipinski definition) is 1. The van der Waals surface area contributed by atoms with Crippen LogP contribution in [0.5, 0.6) is 5.75 Å². The van der Waals surface area contributed by atoms with Gasteiger partial charge in [-0.2, -0.15) is 0 Å². The molecule has 3 aromatic rings. The second-order valence-electron chi connectivity index (χ2n) is 5.59. The van der Waals surface area contributed by atoms with Gasteiger partial charge in [-0.1, -0.05) is 23.4 Å². The molecule has 2 aromatic carbocycles. The summed E-state index contributed by atoms with van der Waals surface area (Å²) in [7, 11) is 0. The maximum atomic E-state index is 12.2. The first-order chi connectivity index (χ1) is 14.0. The average Bonchev–Trinajstić information content (AvgIpc) is 3.17. The van der Waals surface area contributed by atoms with Gasteiger partial charge in [-0.05, 0) is 43.3 Å². The Balaban J connectivity index is 1.62. The number of thioether (sulfide) groups is 1. The van der Waals surface area contributed by atoms with Crippen molar-refractivity contribution in [2.45, 2.75) is 12.1 Å². The van der Waals surface area contributed by atoms with Gasteiger partial charge in [0.25, 0.3) is 10.9 Å². The molecule has 1 heterocycles. The molecule has 0 atom stereocenters. The molecule has 0 unspecified atom stereocenters. The number of ether oxygens (including phenoxy) is 1. The van der Waals surface area contributed by atoms with E-state index in [0.717, 1.165) is 11.8 Å². The van der Waals surface area contributed by atoms with E-state index < -0.39 is 10.8 Å². The molecule has 0 aliphatic heterocycles. The summed E-state index contributed by atoms with van der Waals surface area (Å²) in [5.41, 5.74) is 0.525. The van der Waals surface area contributed by atoms with Crippen LogP contribution in [0.4, 0.5) is 11.4 Å².